The zero-order chi connectivity index (χ0) is 25.6. The first-order valence-electron chi connectivity index (χ1n) is 12.5. The van der Waals surface area contributed by atoms with Crippen LogP contribution in [0.2, 0.25) is 0 Å². The Morgan fingerprint density at radius 3 is 2.54 bits per heavy atom. The maximum absolute atomic E-state index is 13.3. The first-order chi connectivity index (χ1) is 17.9. The molecule has 9 heteroatoms. The summed E-state index contributed by atoms with van der Waals surface area (Å²) in [4.78, 5) is 13.6. The minimum absolute atomic E-state index is 0.0583. The Balaban J connectivity index is 1.19. The molecule has 1 saturated heterocycles. The molecule has 2 fully saturated rings. The number of fused-ring (bicyclic) bond motifs is 1. The van der Waals surface area contributed by atoms with Gasteiger partial charge >= 0.3 is 10.0 Å². The molecule has 1 aliphatic carbocycles. The first kappa shape index (κ1) is 24.0. The molecule has 0 spiro atoms. The molecule has 0 aromatic heterocycles. The second-order valence-corrected chi connectivity index (χ2v) is 12.0. The Morgan fingerprint density at radius 1 is 1.00 bits per heavy atom. The van der Waals surface area contributed by atoms with Crippen LogP contribution in [0, 0.1) is 0 Å². The monoisotopic (exact) mass is 521 g/mol. The fourth-order valence-corrected chi connectivity index (χ4v) is 7.25. The van der Waals surface area contributed by atoms with Crippen molar-refractivity contribution in [1.82, 2.24) is 0 Å². The van der Waals surface area contributed by atoms with E-state index in [0.717, 1.165) is 36.0 Å². The normalized spacial score (nSPS) is 21.5. The fourth-order valence-electron chi connectivity index (χ4n) is 5.41. The van der Waals surface area contributed by atoms with Crippen LogP contribution in [-0.2, 0) is 20.2 Å². The summed E-state index contributed by atoms with van der Waals surface area (Å²) in [5.41, 5.74) is 2.75. The van der Waals surface area contributed by atoms with Crippen molar-refractivity contribution in [3.05, 3.63) is 72.3 Å². The summed E-state index contributed by atoms with van der Waals surface area (Å²) in [6, 6.07) is 19.7. The number of quaternary nitrogens is 1. The Labute approximate surface area is 215 Å². The standard InChI is InChI=1S/C28H28N2O6S/c31-17-23-5-2-14-30(23)37(33,34)24-9-6-19(7-10-24)20-3-1-4-22(15-20)29-27(32)28(12-13-28)21-8-11-25-26(16-21)36-18-35-25/h1,3-4,6-11,15-16,23,31H,2,5,12-14,17-18H2,(H,29,32)/p+1/t23-/m1/s1. The van der Waals surface area contributed by atoms with Crippen LogP contribution in [0.3, 0.4) is 0 Å². The third-order valence-corrected chi connectivity index (χ3v) is 9.85. The van der Waals surface area contributed by atoms with Gasteiger partial charge in [0, 0.05) is 18.5 Å². The van der Waals surface area contributed by atoms with Crippen molar-refractivity contribution in [3.8, 4) is 22.6 Å². The number of nitrogens with one attached hydrogen (secondary N) is 2. The number of aliphatic hydroxyl groups excluding tert-OH is 1. The summed E-state index contributed by atoms with van der Waals surface area (Å²) in [6.45, 7) is 0.562. The van der Waals surface area contributed by atoms with Crippen LogP contribution < -0.4 is 19.1 Å². The molecule has 1 amide bonds. The van der Waals surface area contributed by atoms with E-state index in [4.69, 9.17) is 9.47 Å². The predicted molar refractivity (Wildman–Crippen MR) is 137 cm³/mol. The smallest absolute Gasteiger partial charge is 0.326 e. The first-order valence-corrected chi connectivity index (χ1v) is 14.0. The van der Waals surface area contributed by atoms with Crippen molar-refractivity contribution in [2.45, 2.75) is 42.0 Å². The number of anilines is 1. The van der Waals surface area contributed by atoms with Crippen molar-refractivity contribution < 1.29 is 32.1 Å². The minimum Gasteiger partial charge on any atom is -0.454 e. The highest BCUT2D eigenvalue weighted by atomic mass is 32.2. The molecule has 1 unspecified atom stereocenters. The number of carbonyl (C=O) groups is 1. The summed E-state index contributed by atoms with van der Waals surface area (Å²) in [6.07, 6.45) is 3.03. The highest BCUT2D eigenvalue weighted by Gasteiger charge is 2.51. The van der Waals surface area contributed by atoms with Crippen molar-refractivity contribution >= 4 is 21.6 Å². The fraction of sp³-hybridized carbons (Fsp3) is 0.321. The molecule has 3 aromatic carbocycles. The van der Waals surface area contributed by atoms with Crippen molar-refractivity contribution in [2.75, 3.05) is 25.3 Å². The quantitative estimate of drug-likeness (QED) is 0.441. The second kappa shape index (κ2) is 9.16. The molecule has 2 heterocycles. The van der Waals surface area contributed by atoms with Gasteiger partial charge in [-0.05, 0) is 65.9 Å². The Bertz CT molecular complexity index is 1450. The van der Waals surface area contributed by atoms with Crippen LogP contribution in [-0.4, -0.2) is 45.4 Å². The van der Waals surface area contributed by atoms with Crippen LogP contribution in [0.1, 0.15) is 31.2 Å². The summed E-state index contributed by atoms with van der Waals surface area (Å²) < 4.78 is 37.5. The zero-order valence-corrected chi connectivity index (χ0v) is 21.1. The average molecular weight is 522 g/mol. The average Bonchev–Trinajstić information content (AvgIpc) is 3.35. The number of aliphatic hydroxyl groups is 1. The number of hydrogen-bond donors (Lipinski definition) is 3. The third-order valence-electron chi connectivity index (χ3n) is 7.72. The van der Waals surface area contributed by atoms with E-state index in [2.05, 4.69) is 5.32 Å². The summed E-state index contributed by atoms with van der Waals surface area (Å²) in [5, 5.41) is 12.6. The van der Waals surface area contributed by atoms with E-state index in [9.17, 15) is 18.3 Å². The van der Waals surface area contributed by atoms with Gasteiger partial charge in [0.2, 0.25) is 12.7 Å². The van der Waals surface area contributed by atoms with E-state index >= 15 is 0 Å². The molecule has 1 saturated carbocycles. The molecule has 3 aromatic rings. The topological polar surface area (TPSA) is 106 Å². The minimum atomic E-state index is -3.58. The van der Waals surface area contributed by atoms with E-state index < -0.39 is 15.4 Å². The van der Waals surface area contributed by atoms with Crippen LogP contribution in [0.5, 0.6) is 11.5 Å². The van der Waals surface area contributed by atoms with Gasteiger partial charge in [0.05, 0.1) is 18.6 Å². The van der Waals surface area contributed by atoms with Gasteiger partial charge in [-0.15, -0.1) is 0 Å². The lowest BCUT2D eigenvalue weighted by Gasteiger charge is -2.19. The van der Waals surface area contributed by atoms with Gasteiger partial charge < -0.3 is 19.9 Å². The van der Waals surface area contributed by atoms with Gasteiger partial charge in [-0.3, -0.25) is 4.79 Å². The molecule has 2 atom stereocenters. The van der Waals surface area contributed by atoms with Gasteiger partial charge in [-0.25, -0.2) is 4.31 Å². The summed E-state index contributed by atoms with van der Waals surface area (Å²) >= 11 is 0. The number of ether oxygens (including phenoxy) is 2. The number of sulfonamides is 1. The van der Waals surface area contributed by atoms with E-state index in [1.165, 1.54) is 0 Å². The van der Waals surface area contributed by atoms with Crippen LogP contribution in [0.4, 0.5) is 5.69 Å². The third kappa shape index (κ3) is 4.27. The molecule has 2 aliphatic heterocycles. The molecule has 37 heavy (non-hydrogen) atoms. The molecule has 0 radical (unpaired) electrons. The molecule has 0 bridgehead atoms. The van der Waals surface area contributed by atoms with E-state index in [0.29, 0.717) is 34.5 Å². The zero-order valence-electron chi connectivity index (χ0n) is 20.3. The van der Waals surface area contributed by atoms with Gasteiger partial charge in [-0.1, -0.05) is 30.3 Å². The Kier molecular flexibility index (Phi) is 5.94. The lowest BCUT2D eigenvalue weighted by Crippen LogP contribution is -3.15. The Morgan fingerprint density at radius 2 is 1.78 bits per heavy atom. The molecule has 6 rings (SSSR count). The largest absolute Gasteiger partial charge is 0.454 e. The van der Waals surface area contributed by atoms with Gasteiger partial charge in [0.25, 0.3) is 0 Å². The summed E-state index contributed by atoms with van der Waals surface area (Å²) in [5.74, 6) is 1.31. The van der Waals surface area contributed by atoms with E-state index in [1.807, 2.05) is 42.5 Å². The number of benzene rings is 3. The number of rotatable bonds is 7. The molecular weight excluding hydrogens is 492 g/mol. The molecule has 192 valence electrons. The summed E-state index contributed by atoms with van der Waals surface area (Å²) in [7, 11) is -3.58. The molecular formula is C28H29N2O6S+. The van der Waals surface area contributed by atoms with Crippen molar-refractivity contribution in [3.63, 3.8) is 0 Å². The van der Waals surface area contributed by atoms with Crippen molar-refractivity contribution in [1.29, 1.82) is 0 Å². The van der Waals surface area contributed by atoms with E-state index in [-0.39, 0.29) is 30.2 Å². The Hall–Kier alpha value is -3.40. The number of hydrogen-bond acceptors (Lipinski definition) is 6. The highest BCUT2D eigenvalue weighted by molar-refractivity contribution is 7.85. The molecule has 3 N–H and O–H groups in total. The van der Waals surface area contributed by atoms with Crippen molar-refractivity contribution in [2.24, 2.45) is 0 Å². The lowest BCUT2D eigenvalue weighted by molar-refractivity contribution is -0.782. The highest BCUT2D eigenvalue weighted by Crippen LogP contribution is 2.51. The number of amides is 1. The predicted octanol–water partition coefficient (Wildman–Crippen LogP) is 2.48. The van der Waals surface area contributed by atoms with Crippen LogP contribution in [0.15, 0.2) is 71.6 Å². The number of carbonyl (C=O) groups excluding carboxylic acids is 1. The second-order valence-electron chi connectivity index (χ2n) is 9.95. The van der Waals surface area contributed by atoms with Crippen LogP contribution >= 0.6 is 0 Å². The maximum atomic E-state index is 13.3. The van der Waals surface area contributed by atoms with E-state index in [1.54, 1.807) is 24.3 Å². The van der Waals surface area contributed by atoms with Gasteiger partial charge in [0.1, 0.15) is 10.9 Å². The van der Waals surface area contributed by atoms with Gasteiger partial charge in [0.15, 0.2) is 11.5 Å². The SMILES string of the molecule is O=C(Nc1cccc(-c2ccc(S(=O)(=O)[NH+]3CCC[C@@H]3CO)cc2)c1)C1(c2ccc3c(c2)OCO3)CC1. The van der Waals surface area contributed by atoms with Gasteiger partial charge in [-0.2, -0.15) is 8.42 Å². The maximum Gasteiger partial charge on any atom is 0.326 e. The molecule has 3 aliphatic rings. The molecule has 8 nitrogen and oxygen atoms in total. The lowest BCUT2D eigenvalue weighted by atomic mass is 9.94. The van der Waals surface area contributed by atoms with Crippen LogP contribution in [0.25, 0.3) is 11.1 Å².